The first-order valence-electron chi connectivity index (χ1n) is 7.72. The predicted octanol–water partition coefficient (Wildman–Crippen LogP) is 3.40. The standard InChI is InChI=1S/C17H22ClNO2/c1-12-10-19(11-13(2)21-12)16(20)17(8-3-9-17)14-4-6-15(18)7-5-14/h4-7,12-13H,3,8-11H2,1-2H3. The molecule has 1 aliphatic carbocycles. The average Bonchev–Trinajstić information content (AvgIpc) is 2.38. The number of carbonyl (C=O) groups excluding carboxylic acids is 1. The molecule has 0 bridgehead atoms. The van der Waals surface area contributed by atoms with Gasteiger partial charge in [-0.25, -0.2) is 0 Å². The third kappa shape index (κ3) is 2.69. The summed E-state index contributed by atoms with van der Waals surface area (Å²) in [7, 11) is 0. The highest BCUT2D eigenvalue weighted by molar-refractivity contribution is 6.30. The number of amides is 1. The molecule has 1 saturated heterocycles. The van der Waals surface area contributed by atoms with Gasteiger partial charge in [0.25, 0.3) is 0 Å². The van der Waals surface area contributed by atoms with Crippen molar-refractivity contribution in [2.75, 3.05) is 13.1 Å². The Labute approximate surface area is 131 Å². The van der Waals surface area contributed by atoms with Crippen molar-refractivity contribution in [2.45, 2.75) is 50.7 Å². The molecule has 0 radical (unpaired) electrons. The van der Waals surface area contributed by atoms with Crippen LogP contribution < -0.4 is 0 Å². The number of benzene rings is 1. The lowest BCUT2D eigenvalue weighted by atomic mass is 9.63. The van der Waals surface area contributed by atoms with Gasteiger partial charge in [0.1, 0.15) is 0 Å². The summed E-state index contributed by atoms with van der Waals surface area (Å²) in [6.45, 7) is 5.45. The topological polar surface area (TPSA) is 29.5 Å². The number of nitrogens with zero attached hydrogens (tertiary/aromatic N) is 1. The number of carbonyl (C=O) groups is 1. The van der Waals surface area contributed by atoms with Crippen molar-refractivity contribution in [3.63, 3.8) is 0 Å². The summed E-state index contributed by atoms with van der Waals surface area (Å²) in [6.07, 6.45) is 3.21. The molecule has 2 aliphatic rings. The van der Waals surface area contributed by atoms with Crippen LogP contribution in [0, 0.1) is 0 Å². The molecule has 21 heavy (non-hydrogen) atoms. The summed E-state index contributed by atoms with van der Waals surface area (Å²) < 4.78 is 5.74. The van der Waals surface area contributed by atoms with Gasteiger partial charge in [0.2, 0.25) is 5.91 Å². The summed E-state index contributed by atoms with van der Waals surface area (Å²) in [5, 5.41) is 0.717. The molecule has 0 spiro atoms. The molecule has 1 aromatic rings. The van der Waals surface area contributed by atoms with Crippen LogP contribution >= 0.6 is 11.6 Å². The summed E-state index contributed by atoms with van der Waals surface area (Å²) in [6, 6.07) is 7.78. The van der Waals surface area contributed by atoms with E-state index in [1.165, 1.54) is 0 Å². The van der Waals surface area contributed by atoms with Crippen LogP contribution in [0.2, 0.25) is 5.02 Å². The van der Waals surface area contributed by atoms with Gasteiger partial charge in [0.05, 0.1) is 17.6 Å². The molecular formula is C17H22ClNO2. The van der Waals surface area contributed by atoms with E-state index >= 15 is 0 Å². The maximum absolute atomic E-state index is 13.1. The second-order valence-electron chi connectivity index (χ2n) is 6.41. The molecule has 0 N–H and O–H groups in total. The summed E-state index contributed by atoms with van der Waals surface area (Å²) in [4.78, 5) is 15.1. The summed E-state index contributed by atoms with van der Waals surface area (Å²) >= 11 is 5.98. The number of ether oxygens (including phenoxy) is 1. The van der Waals surface area contributed by atoms with Gasteiger partial charge in [0, 0.05) is 18.1 Å². The fourth-order valence-electron chi connectivity index (χ4n) is 3.57. The highest BCUT2D eigenvalue weighted by Gasteiger charge is 2.48. The van der Waals surface area contributed by atoms with Crippen LogP contribution in [0.25, 0.3) is 0 Å². The van der Waals surface area contributed by atoms with Crippen molar-refractivity contribution in [3.05, 3.63) is 34.9 Å². The van der Waals surface area contributed by atoms with Crippen molar-refractivity contribution in [3.8, 4) is 0 Å². The average molecular weight is 308 g/mol. The summed E-state index contributed by atoms with van der Waals surface area (Å²) in [5.74, 6) is 0.262. The zero-order valence-corrected chi connectivity index (χ0v) is 13.4. The molecule has 2 unspecified atom stereocenters. The van der Waals surface area contributed by atoms with E-state index in [1.54, 1.807) is 0 Å². The Balaban J connectivity index is 1.85. The van der Waals surface area contributed by atoms with Crippen molar-refractivity contribution in [1.82, 2.24) is 4.90 Å². The van der Waals surface area contributed by atoms with Gasteiger partial charge < -0.3 is 9.64 Å². The second kappa shape index (κ2) is 5.62. The van der Waals surface area contributed by atoms with Crippen molar-refractivity contribution in [1.29, 1.82) is 0 Å². The van der Waals surface area contributed by atoms with E-state index < -0.39 is 0 Å². The van der Waals surface area contributed by atoms with E-state index in [9.17, 15) is 4.79 Å². The largest absolute Gasteiger partial charge is 0.372 e. The van der Waals surface area contributed by atoms with Gasteiger partial charge >= 0.3 is 0 Å². The maximum atomic E-state index is 13.1. The monoisotopic (exact) mass is 307 g/mol. The minimum absolute atomic E-state index is 0.111. The van der Waals surface area contributed by atoms with Crippen LogP contribution in [-0.4, -0.2) is 36.1 Å². The lowest BCUT2D eigenvalue weighted by Gasteiger charge is -2.46. The minimum atomic E-state index is -0.332. The van der Waals surface area contributed by atoms with Crippen molar-refractivity contribution in [2.24, 2.45) is 0 Å². The Morgan fingerprint density at radius 2 is 1.76 bits per heavy atom. The summed E-state index contributed by atoms with van der Waals surface area (Å²) in [5.41, 5.74) is 0.774. The number of hydrogen-bond acceptors (Lipinski definition) is 2. The molecule has 114 valence electrons. The normalized spacial score (nSPS) is 28.0. The zero-order chi connectivity index (χ0) is 15.0. The van der Waals surface area contributed by atoms with Gasteiger partial charge in [-0.15, -0.1) is 0 Å². The van der Waals surface area contributed by atoms with Gasteiger partial charge in [-0.2, -0.15) is 0 Å². The van der Waals surface area contributed by atoms with Crippen LogP contribution in [-0.2, 0) is 14.9 Å². The first kappa shape index (κ1) is 14.9. The van der Waals surface area contributed by atoms with Crippen molar-refractivity contribution >= 4 is 17.5 Å². The number of halogens is 1. The molecular weight excluding hydrogens is 286 g/mol. The first-order chi connectivity index (χ1) is 10.0. The van der Waals surface area contributed by atoms with Gasteiger partial charge in [-0.1, -0.05) is 30.2 Å². The predicted molar refractivity (Wildman–Crippen MR) is 83.6 cm³/mol. The number of hydrogen-bond donors (Lipinski definition) is 0. The van der Waals surface area contributed by atoms with E-state index in [1.807, 2.05) is 43.0 Å². The number of morpholine rings is 1. The Morgan fingerprint density at radius 1 is 1.19 bits per heavy atom. The Morgan fingerprint density at radius 3 is 2.24 bits per heavy atom. The highest BCUT2D eigenvalue weighted by atomic mass is 35.5. The molecule has 1 heterocycles. The third-order valence-electron chi connectivity index (χ3n) is 4.72. The zero-order valence-electron chi connectivity index (χ0n) is 12.6. The lowest BCUT2D eigenvalue weighted by molar-refractivity contribution is -0.152. The van der Waals surface area contributed by atoms with Crippen LogP contribution in [0.3, 0.4) is 0 Å². The highest BCUT2D eigenvalue weighted by Crippen LogP contribution is 2.45. The fraction of sp³-hybridized carbons (Fsp3) is 0.588. The van der Waals surface area contributed by atoms with Crippen LogP contribution in [0.5, 0.6) is 0 Å². The molecule has 1 aliphatic heterocycles. The first-order valence-corrected chi connectivity index (χ1v) is 8.10. The molecule has 2 atom stereocenters. The van der Waals surface area contributed by atoms with Gasteiger partial charge in [0.15, 0.2) is 0 Å². The van der Waals surface area contributed by atoms with E-state index in [4.69, 9.17) is 16.3 Å². The minimum Gasteiger partial charge on any atom is -0.372 e. The van der Waals surface area contributed by atoms with Crippen molar-refractivity contribution < 1.29 is 9.53 Å². The van der Waals surface area contributed by atoms with Crippen LogP contribution in [0.4, 0.5) is 0 Å². The second-order valence-corrected chi connectivity index (χ2v) is 6.85. The molecule has 3 rings (SSSR count). The molecule has 0 aromatic heterocycles. The fourth-order valence-corrected chi connectivity index (χ4v) is 3.70. The smallest absolute Gasteiger partial charge is 0.233 e. The van der Waals surface area contributed by atoms with Crippen LogP contribution in [0.15, 0.2) is 24.3 Å². The molecule has 1 aromatic carbocycles. The van der Waals surface area contributed by atoms with E-state index in [2.05, 4.69) is 0 Å². The Hall–Kier alpha value is -1.06. The lowest BCUT2D eigenvalue weighted by Crippen LogP contribution is -2.56. The molecule has 4 heteroatoms. The van der Waals surface area contributed by atoms with E-state index in [-0.39, 0.29) is 23.5 Å². The van der Waals surface area contributed by atoms with E-state index in [0.29, 0.717) is 18.1 Å². The Bertz CT molecular complexity index is 514. The van der Waals surface area contributed by atoms with Gasteiger partial charge in [-0.3, -0.25) is 4.79 Å². The van der Waals surface area contributed by atoms with Crippen LogP contribution in [0.1, 0.15) is 38.7 Å². The third-order valence-corrected chi connectivity index (χ3v) is 4.97. The van der Waals surface area contributed by atoms with Gasteiger partial charge in [-0.05, 0) is 44.4 Å². The SMILES string of the molecule is CC1CN(C(=O)C2(c3ccc(Cl)cc3)CCC2)CC(C)O1. The molecule has 1 amide bonds. The maximum Gasteiger partial charge on any atom is 0.233 e. The quantitative estimate of drug-likeness (QED) is 0.838. The van der Waals surface area contributed by atoms with E-state index in [0.717, 1.165) is 24.8 Å². The Kier molecular flexibility index (Phi) is 3.98. The molecule has 1 saturated carbocycles. The molecule has 2 fully saturated rings. The molecule has 3 nitrogen and oxygen atoms in total. The number of rotatable bonds is 2.